The van der Waals surface area contributed by atoms with Gasteiger partial charge in [-0.05, 0) is 60.7 Å². The lowest BCUT2D eigenvalue weighted by Crippen LogP contribution is -2.28. The SMILES string of the molecule is Cc1ccc(NC(=O)C2(c3ccc4c(c3)CCO4)CC2)nc1-c1cccc(C(=O)O)c1.[HH]. The van der Waals surface area contributed by atoms with Gasteiger partial charge in [0.2, 0.25) is 5.91 Å². The molecule has 31 heavy (non-hydrogen) atoms. The number of carbonyl (C=O) groups excluding carboxylic acids is 1. The van der Waals surface area contributed by atoms with Gasteiger partial charge < -0.3 is 15.2 Å². The molecule has 0 atom stereocenters. The lowest BCUT2D eigenvalue weighted by molar-refractivity contribution is -0.118. The monoisotopic (exact) mass is 416 g/mol. The Morgan fingerprint density at radius 2 is 1.97 bits per heavy atom. The highest BCUT2D eigenvalue weighted by atomic mass is 16.5. The molecule has 2 aromatic carbocycles. The Morgan fingerprint density at radius 3 is 2.74 bits per heavy atom. The van der Waals surface area contributed by atoms with Crippen molar-refractivity contribution >= 4 is 17.7 Å². The van der Waals surface area contributed by atoms with Gasteiger partial charge in [-0.1, -0.05) is 30.3 Å². The Bertz CT molecular complexity index is 1220. The van der Waals surface area contributed by atoms with Crippen LogP contribution in [0.3, 0.4) is 0 Å². The van der Waals surface area contributed by atoms with Crippen molar-refractivity contribution < 1.29 is 20.9 Å². The highest BCUT2D eigenvalue weighted by Gasteiger charge is 2.51. The fourth-order valence-corrected chi connectivity index (χ4v) is 4.18. The Morgan fingerprint density at radius 1 is 1.13 bits per heavy atom. The molecule has 2 N–H and O–H groups in total. The molecule has 3 aromatic rings. The van der Waals surface area contributed by atoms with Gasteiger partial charge in [-0.2, -0.15) is 0 Å². The number of nitrogens with zero attached hydrogens (tertiary/aromatic N) is 1. The van der Waals surface area contributed by atoms with E-state index in [1.165, 1.54) is 0 Å². The van der Waals surface area contributed by atoms with E-state index in [-0.39, 0.29) is 12.9 Å². The van der Waals surface area contributed by atoms with Crippen LogP contribution in [0.1, 0.15) is 41.3 Å². The molecule has 1 aliphatic heterocycles. The lowest BCUT2D eigenvalue weighted by atomic mass is 9.92. The number of carboxylic acids is 1. The van der Waals surface area contributed by atoms with Gasteiger partial charge in [0.1, 0.15) is 11.6 Å². The standard InChI is InChI=1S/C25H22N2O4.H2/c1-15-5-8-21(26-22(15)17-3-2-4-18(13-17)23(28)29)27-24(30)25(10-11-25)19-6-7-20-16(14-19)9-12-31-20;/h2-8,13-14H,9-12H2,1H3,(H,28,29)(H,26,27,30);1H. The summed E-state index contributed by atoms with van der Waals surface area (Å²) in [5, 5.41) is 12.3. The van der Waals surface area contributed by atoms with E-state index in [1.54, 1.807) is 24.3 Å². The van der Waals surface area contributed by atoms with E-state index in [4.69, 9.17) is 4.74 Å². The molecule has 2 heterocycles. The van der Waals surface area contributed by atoms with Gasteiger partial charge >= 0.3 is 5.97 Å². The van der Waals surface area contributed by atoms with Crippen molar-refractivity contribution in [2.24, 2.45) is 0 Å². The first-order valence-corrected chi connectivity index (χ1v) is 10.4. The number of aromatic carboxylic acids is 1. The second-order valence-electron chi connectivity index (χ2n) is 8.21. The summed E-state index contributed by atoms with van der Waals surface area (Å²) < 4.78 is 5.58. The second kappa shape index (κ2) is 7.23. The average Bonchev–Trinajstić information content (AvgIpc) is 3.46. The molecule has 158 valence electrons. The summed E-state index contributed by atoms with van der Waals surface area (Å²) in [6.07, 6.45) is 2.48. The van der Waals surface area contributed by atoms with Crippen molar-refractivity contribution in [1.29, 1.82) is 0 Å². The number of pyridine rings is 1. The van der Waals surface area contributed by atoms with Gasteiger partial charge in [-0.3, -0.25) is 4.79 Å². The smallest absolute Gasteiger partial charge is 0.335 e. The molecule has 0 spiro atoms. The molecule has 1 aliphatic carbocycles. The Hall–Kier alpha value is -3.67. The first-order chi connectivity index (χ1) is 15.0. The van der Waals surface area contributed by atoms with E-state index in [1.807, 2.05) is 31.2 Å². The third-order valence-corrected chi connectivity index (χ3v) is 6.15. The third kappa shape index (κ3) is 3.44. The zero-order valence-electron chi connectivity index (χ0n) is 17.1. The van der Waals surface area contributed by atoms with E-state index in [2.05, 4.69) is 16.4 Å². The van der Waals surface area contributed by atoms with Crippen molar-refractivity contribution in [3.05, 3.63) is 76.9 Å². The maximum Gasteiger partial charge on any atom is 0.335 e. The number of hydrogen-bond acceptors (Lipinski definition) is 4. The fraction of sp³-hybridized carbons (Fsp3) is 0.240. The highest BCUT2D eigenvalue weighted by Crippen LogP contribution is 2.50. The van der Waals surface area contributed by atoms with Crippen LogP contribution >= 0.6 is 0 Å². The van der Waals surface area contributed by atoms with Crippen LogP contribution in [-0.2, 0) is 16.6 Å². The number of aryl methyl sites for hydroxylation is 1. The number of aromatic nitrogens is 1. The van der Waals surface area contributed by atoms with Crippen LogP contribution in [0.5, 0.6) is 5.75 Å². The van der Waals surface area contributed by atoms with Crippen molar-refractivity contribution in [2.45, 2.75) is 31.6 Å². The Kier molecular flexibility index (Phi) is 4.50. The molecule has 0 radical (unpaired) electrons. The van der Waals surface area contributed by atoms with Crippen LogP contribution in [-0.4, -0.2) is 28.6 Å². The van der Waals surface area contributed by atoms with E-state index >= 15 is 0 Å². The lowest BCUT2D eigenvalue weighted by Gasteiger charge is -2.17. The summed E-state index contributed by atoms with van der Waals surface area (Å²) >= 11 is 0. The summed E-state index contributed by atoms with van der Waals surface area (Å²) in [7, 11) is 0. The number of amides is 1. The average molecular weight is 416 g/mol. The number of carboxylic acid groups (broad SMARTS) is 1. The van der Waals surface area contributed by atoms with Gasteiger partial charge in [0.05, 0.1) is 23.3 Å². The van der Waals surface area contributed by atoms with Crippen LogP contribution in [0.2, 0.25) is 0 Å². The number of benzene rings is 2. The van der Waals surface area contributed by atoms with Crippen molar-refractivity contribution in [3.8, 4) is 17.0 Å². The molecular formula is C25H24N2O4. The molecule has 1 amide bonds. The second-order valence-corrected chi connectivity index (χ2v) is 8.21. The first-order valence-electron chi connectivity index (χ1n) is 10.4. The van der Waals surface area contributed by atoms with E-state index in [0.717, 1.165) is 41.7 Å². The Labute approximate surface area is 181 Å². The Balaban J connectivity index is 0.00000245. The van der Waals surface area contributed by atoms with E-state index in [9.17, 15) is 14.7 Å². The summed E-state index contributed by atoms with van der Waals surface area (Å²) in [6.45, 7) is 2.60. The molecule has 6 heteroatoms. The maximum atomic E-state index is 13.2. The largest absolute Gasteiger partial charge is 0.493 e. The molecule has 0 unspecified atom stereocenters. The molecular weight excluding hydrogens is 392 g/mol. The molecule has 0 bridgehead atoms. The topological polar surface area (TPSA) is 88.5 Å². The van der Waals surface area contributed by atoms with Gasteiger partial charge in [0, 0.05) is 13.4 Å². The summed E-state index contributed by atoms with van der Waals surface area (Å²) in [5.41, 5.74) is 4.12. The normalized spacial score (nSPS) is 15.6. The molecule has 1 fully saturated rings. The highest BCUT2D eigenvalue weighted by molar-refractivity contribution is 6.01. The van der Waals surface area contributed by atoms with Crippen LogP contribution in [0.25, 0.3) is 11.3 Å². The number of rotatable bonds is 5. The molecule has 1 aromatic heterocycles. The molecule has 2 aliphatic rings. The van der Waals surface area contributed by atoms with E-state index < -0.39 is 11.4 Å². The minimum Gasteiger partial charge on any atom is -0.493 e. The minimum atomic E-state index is -0.987. The molecule has 5 rings (SSSR count). The van der Waals surface area contributed by atoms with Crippen LogP contribution in [0, 0.1) is 6.92 Å². The van der Waals surface area contributed by atoms with Gasteiger partial charge in [0.15, 0.2) is 0 Å². The molecule has 1 saturated carbocycles. The zero-order chi connectivity index (χ0) is 21.6. The van der Waals surface area contributed by atoms with Crippen molar-refractivity contribution in [2.75, 3.05) is 11.9 Å². The van der Waals surface area contributed by atoms with Gasteiger partial charge in [-0.15, -0.1) is 0 Å². The van der Waals surface area contributed by atoms with Crippen molar-refractivity contribution in [3.63, 3.8) is 0 Å². The summed E-state index contributed by atoms with van der Waals surface area (Å²) in [4.78, 5) is 29.2. The summed E-state index contributed by atoms with van der Waals surface area (Å²) in [5.74, 6) is 0.322. The molecule has 6 nitrogen and oxygen atoms in total. The van der Waals surface area contributed by atoms with Crippen LogP contribution in [0.4, 0.5) is 5.82 Å². The predicted octanol–water partition coefficient (Wildman–Crippen LogP) is 4.61. The predicted molar refractivity (Wildman–Crippen MR) is 119 cm³/mol. The third-order valence-electron chi connectivity index (χ3n) is 6.15. The summed E-state index contributed by atoms with van der Waals surface area (Å²) in [6, 6.07) is 16.4. The number of anilines is 1. The zero-order valence-corrected chi connectivity index (χ0v) is 17.1. The maximum absolute atomic E-state index is 13.2. The number of fused-ring (bicyclic) bond motifs is 1. The van der Waals surface area contributed by atoms with Crippen LogP contribution < -0.4 is 10.1 Å². The number of hydrogen-bond donors (Lipinski definition) is 2. The number of carbonyl (C=O) groups is 2. The minimum absolute atomic E-state index is 0. The number of ether oxygens (including phenoxy) is 1. The fourth-order valence-electron chi connectivity index (χ4n) is 4.18. The number of nitrogens with one attached hydrogen (secondary N) is 1. The van der Waals surface area contributed by atoms with Crippen LogP contribution in [0.15, 0.2) is 54.6 Å². The van der Waals surface area contributed by atoms with Gasteiger partial charge in [0.25, 0.3) is 0 Å². The quantitative estimate of drug-likeness (QED) is 0.634. The van der Waals surface area contributed by atoms with E-state index in [0.29, 0.717) is 23.7 Å². The molecule has 0 saturated heterocycles. The van der Waals surface area contributed by atoms with Gasteiger partial charge in [-0.25, -0.2) is 9.78 Å². The van der Waals surface area contributed by atoms with Crippen molar-refractivity contribution in [1.82, 2.24) is 4.98 Å². The first kappa shape index (κ1) is 19.3.